The fraction of sp³-hybridized carbons (Fsp3) is 0.200. The van der Waals surface area contributed by atoms with E-state index in [9.17, 15) is 9.59 Å². The molecule has 0 N–H and O–H groups in total. The van der Waals surface area contributed by atoms with Crippen molar-refractivity contribution in [3.05, 3.63) is 59.7 Å². The lowest BCUT2D eigenvalue weighted by molar-refractivity contribution is 0.0425. The first-order valence-electron chi connectivity index (χ1n) is 8.02. The fourth-order valence-electron chi connectivity index (χ4n) is 1.96. The number of benzene rings is 2. The third-order valence-electron chi connectivity index (χ3n) is 3.35. The van der Waals surface area contributed by atoms with Gasteiger partial charge in [-0.15, -0.1) is 0 Å². The summed E-state index contributed by atoms with van der Waals surface area (Å²) >= 11 is 0. The molecular formula is C20H16N2O5. The lowest BCUT2D eigenvalue weighted by Gasteiger charge is -2.09. The second-order valence-corrected chi connectivity index (χ2v) is 5.50. The van der Waals surface area contributed by atoms with Gasteiger partial charge in [-0.1, -0.05) is 0 Å². The Morgan fingerprint density at radius 1 is 0.741 bits per heavy atom. The minimum atomic E-state index is -0.824. The molecule has 2 rings (SSSR count). The van der Waals surface area contributed by atoms with E-state index in [0.717, 1.165) is 0 Å². The van der Waals surface area contributed by atoms with E-state index < -0.39 is 24.1 Å². The molecule has 0 radical (unpaired) electrons. The number of carbonyl (C=O) groups is 2. The molecule has 0 aliphatic rings. The number of nitriles is 2. The third kappa shape index (κ3) is 5.58. The molecule has 0 aliphatic heterocycles. The Morgan fingerprint density at radius 3 is 1.37 bits per heavy atom. The molecule has 0 saturated carbocycles. The Balaban J connectivity index is 1.99. The van der Waals surface area contributed by atoms with E-state index >= 15 is 0 Å². The number of nitrogens with zero attached hydrogens (tertiary/aromatic N) is 2. The van der Waals surface area contributed by atoms with Crippen LogP contribution >= 0.6 is 0 Å². The van der Waals surface area contributed by atoms with Crippen molar-refractivity contribution in [3.63, 3.8) is 0 Å². The predicted molar refractivity (Wildman–Crippen MR) is 93.9 cm³/mol. The lowest BCUT2D eigenvalue weighted by Crippen LogP contribution is -2.13. The monoisotopic (exact) mass is 364 g/mol. The SMILES string of the molecule is CC(C#N)OC(=O)c1ccc(Oc2ccc(C(=O)OC(C)C#N)cc2)cc1. The van der Waals surface area contributed by atoms with Crippen LogP contribution in [0.25, 0.3) is 0 Å². The maximum atomic E-state index is 11.8. The van der Waals surface area contributed by atoms with Crippen LogP contribution < -0.4 is 4.74 Å². The van der Waals surface area contributed by atoms with Crippen molar-refractivity contribution in [2.75, 3.05) is 0 Å². The molecule has 0 heterocycles. The van der Waals surface area contributed by atoms with Gasteiger partial charge in [-0.05, 0) is 62.4 Å². The maximum Gasteiger partial charge on any atom is 0.339 e. The molecule has 0 spiro atoms. The summed E-state index contributed by atoms with van der Waals surface area (Å²) in [6.45, 7) is 2.96. The second kappa shape index (κ2) is 9.02. The van der Waals surface area contributed by atoms with Crippen LogP contribution in [0.4, 0.5) is 0 Å². The van der Waals surface area contributed by atoms with Gasteiger partial charge in [0.2, 0.25) is 0 Å². The van der Waals surface area contributed by atoms with Crippen molar-refractivity contribution >= 4 is 11.9 Å². The number of hydrogen-bond donors (Lipinski definition) is 0. The molecule has 0 saturated heterocycles. The quantitative estimate of drug-likeness (QED) is 0.720. The number of esters is 2. The highest BCUT2D eigenvalue weighted by Gasteiger charge is 2.13. The molecule has 136 valence electrons. The summed E-state index contributed by atoms with van der Waals surface area (Å²) in [6.07, 6.45) is -1.65. The first-order valence-corrected chi connectivity index (χ1v) is 8.02. The zero-order chi connectivity index (χ0) is 19.8. The highest BCUT2D eigenvalue weighted by atomic mass is 16.5. The van der Waals surface area contributed by atoms with E-state index in [4.69, 9.17) is 24.7 Å². The van der Waals surface area contributed by atoms with Crippen LogP contribution in [0.3, 0.4) is 0 Å². The van der Waals surface area contributed by atoms with Gasteiger partial charge in [0.1, 0.15) is 23.6 Å². The summed E-state index contributed by atoms with van der Waals surface area (Å²) < 4.78 is 15.5. The predicted octanol–water partition coefficient (Wildman–Crippen LogP) is 3.62. The van der Waals surface area contributed by atoms with Gasteiger partial charge < -0.3 is 14.2 Å². The van der Waals surface area contributed by atoms with Crippen molar-refractivity contribution in [1.82, 2.24) is 0 Å². The van der Waals surface area contributed by atoms with E-state index in [1.165, 1.54) is 38.1 Å². The van der Waals surface area contributed by atoms with Gasteiger partial charge in [0, 0.05) is 0 Å². The highest BCUT2D eigenvalue weighted by Crippen LogP contribution is 2.22. The third-order valence-corrected chi connectivity index (χ3v) is 3.35. The van der Waals surface area contributed by atoms with Gasteiger partial charge in [0.25, 0.3) is 0 Å². The molecular weight excluding hydrogens is 348 g/mol. The van der Waals surface area contributed by atoms with Gasteiger partial charge in [0.15, 0.2) is 12.2 Å². The Morgan fingerprint density at radius 2 is 1.07 bits per heavy atom. The van der Waals surface area contributed by atoms with Crippen molar-refractivity contribution in [1.29, 1.82) is 10.5 Å². The van der Waals surface area contributed by atoms with E-state index in [0.29, 0.717) is 22.6 Å². The Kier molecular flexibility index (Phi) is 6.51. The molecule has 2 aromatic carbocycles. The molecule has 7 heteroatoms. The molecule has 0 fully saturated rings. The Hall–Kier alpha value is -3.84. The molecule has 2 unspecified atom stereocenters. The molecule has 2 aromatic rings. The summed E-state index contributed by atoms with van der Waals surface area (Å²) in [5.41, 5.74) is 0.600. The molecule has 0 aliphatic carbocycles. The molecule has 7 nitrogen and oxygen atoms in total. The van der Waals surface area contributed by atoms with E-state index in [-0.39, 0.29) is 0 Å². The first kappa shape index (κ1) is 19.5. The molecule has 0 amide bonds. The minimum absolute atomic E-state index is 0.300. The fourth-order valence-corrected chi connectivity index (χ4v) is 1.96. The molecule has 2 atom stereocenters. The lowest BCUT2D eigenvalue weighted by atomic mass is 10.2. The summed E-state index contributed by atoms with van der Waals surface area (Å²) in [5.74, 6) is -0.225. The Bertz CT molecular complexity index is 816. The van der Waals surface area contributed by atoms with E-state index in [1.54, 1.807) is 24.3 Å². The number of ether oxygens (including phenoxy) is 3. The summed E-state index contributed by atoms with van der Waals surface area (Å²) in [4.78, 5) is 23.6. The normalized spacial score (nSPS) is 12.0. The van der Waals surface area contributed by atoms with Gasteiger partial charge in [-0.3, -0.25) is 0 Å². The van der Waals surface area contributed by atoms with Gasteiger partial charge in [0.05, 0.1) is 11.1 Å². The summed E-state index contributed by atoms with van der Waals surface area (Å²) in [7, 11) is 0. The second-order valence-electron chi connectivity index (χ2n) is 5.50. The number of hydrogen-bond acceptors (Lipinski definition) is 7. The Labute approximate surface area is 156 Å². The van der Waals surface area contributed by atoms with E-state index in [1.807, 2.05) is 12.1 Å². The van der Waals surface area contributed by atoms with Gasteiger partial charge >= 0.3 is 11.9 Å². The van der Waals surface area contributed by atoms with Crippen LogP contribution in [0.2, 0.25) is 0 Å². The summed E-state index contributed by atoms with van der Waals surface area (Å²) in [5, 5.41) is 17.3. The van der Waals surface area contributed by atoms with Gasteiger partial charge in [-0.2, -0.15) is 10.5 Å². The zero-order valence-corrected chi connectivity index (χ0v) is 14.7. The smallest absolute Gasteiger partial charge is 0.339 e. The highest BCUT2D eigenvalue weighted by molar-refractivity contribution is 5.90. The maximum absolute atomic E-state index is 11.8. The van der Waals surface area contributed by atoms with Gasteiger partial charge in [-0.25, -0.2) is 9.59 Å². The van der Waals surface area contributed by atoms with Crippen molar-refractivity contribution < 1.29 is 23.8 Å². The summed E-state index contributed by atoms with van der Waals surface area (Å²) in [6, 6.07) is 16.1. The van der Waals surface area contributed by atoms with Crippen molar-refractivity contribution in [2.45, 2.75) is 26.1 Å². The average molecular weight is 364 g/mol. The number of carbonyl (C=O) groups excluding carboxylic acids is 2. The van der Waals surface area contributed by atoms with Crippen molar-refractivity contribution in [3.8, 4) is 23.6 Å². The van der Waals surface area contributed by atoms with Crippen LogP contribution in [0.5, 0.6) is 11.5 Å². The van der Waals surface area contributed by atoms with Crippen molar-refractivity contribution in [2.24, 2.45) is 0 Å². The van der Waals surface area contributed by atoms with Crippen LogP contribution in [0.1, 0.15) is 34.6 Å². The zero-order valence-electron chi connectivity index (χ0n) is 14.7. The standard InChI is InChI=1S/C20H16N2O5/c1-13(11-21)25-19(23)15-3-7-17(8-4-15)27-18-9-5-16(6-10-18)20(24)26-14(2)12-22/h3-10,13-14H,1-2H3. The molecule has 0 aromatic heterocycles. The molecule has 27 heavy (non-hydrogen) atoms. The van der Waals surface area contributed by atoms with Crippen LogP contribution in [-0.2, 0) is 9.47 Å². The average Bonchev–Trinajstić information content (AvgIpc) is 2.68. The van der Waals surface area contributed by atoms with Crippen LogP contribution in [-0.4, -0.2) is 24.1 Å². The molecule has 0 bridgehead atoms. The van der Waals surface area contributed by atoms with Crippen LogP contribution in [0.15, 0.2) is 48.5 Å². The first-order chi connectivity index (χ1) is 12.9. The largest absolute Gasteiger partial charge is 0.457 e. The topological polar surface area (TPSA) is 109 Å². The van der Waals surface area contributed by atoms with E-state index in [2.05, 4.69) is 0 Å². The van der Waals surface area contributed by atoms with Crippen LogP contribution in [0, 0.1) is 22.7 Å². The minimum Gasteiger partial charge on any atom is -0.457 e. The number of rotatable bonds is 6.